The maximum atomic E-state index is 12.9. The summed E-state index contributed by atoms with van der Waals surface area (Å²) in [6.07, 6.45) is 6.49. The zero-order chi connectivity index (χ0) is 20.5. The van der Waals surface area contributed by atoms with E-state index in [2.05, 4.69) is 5.32 Å². The van der Waals surface area contributed by atoms with Crippen molar-refractivity contribution in [2.75, 3.05) is 0 Å². The highest BCUT2D eigenvalue weighted by molar-refractivity contribution is 6.31. The number of barbiturate groups is 1. The first kappa shape index (κ1) is 18.7. The van der Waals surface area contributed by atoms with Crippen LogP contribution in [0.5, 0.6) is 0 Å². The largest absolute Gasteiger partial charge is 0.478 e. The highest BCUT2D eigenvalue weighted by Crippen LogP contribution is 2.27. The lowest BCUT2D eigenvalue weighted by atomic mass is 10.1. The van der Waals surface area contributed by atoms with Crippen molar-refractivity contribution in [2.24, 2.45) is 0 Å². The molecule has 1 aliphatic carbocycles. The predicted octanol–water partition coefficient (Wildman–Crippen LogP) is 2.58. The minimum atomic E-state index is -1.05. The molecule has 4 amide bonds. The Labute approximate surface area is 166 Å². The Bertz CT molecular complexity index is 1050. The van der Waals surface area contributed by atoms with Crippen LogP contribution in [0, 0.1) is 0 Å². The van der Waals surface area contributed by atoms with Crippen LogP contribution in [0.4, 0.5) is 4.79 Å². The Morgan fingerprint density at radius 3 is 2.59 bits per heavy atom. The number of nitrogens with zero attached hydrogens (tertiary/aromatic N) is 2. The van der Waals surface area contributed by atoms with Crippen LogP contribution in [0.25, 0.3) is 11.8 Å². The molecule has 8 nitrogen and oxygen atoms in total. The molecule has 8 heteroatoms. The molecule has 2 N–H and O–H groups in total. The van der Waals surface area contributed by atoms with Gasteiger partial charge in [-0.15, -0.1) is 0 Å². The van der Waals surface area contributed by atoms with Crippen molar-refractivity contribution in [1.82, 2.24) is 14.8 Å². The van der Waals surface area contributed by atoms with E-state index in [0.717, 1.165) is 30.6 Å². The van der Waals surface area contributed by atoms with E-state index in [-0.39, 0.29) is 17.2 Å². The number of aromatic carboxylic acids is 1. The Morgan fingerprint density at radius 2 is 1.86 bits per heavy atom. The molecule has 2 aliphatic rings. The van der Waals surface area contributed by atoms with Crippen molar-refractivity contribution in [3.05, 3.63) is 59.4 Å². The molecule has 2 heterocycles. The summed E-state index contributed by atoms with van der Waals surface area (Å²) in [4.78, 5) is 49.9. The summed E-state index contributed by atoms with van der Waals surface area (Å²) in [5.41, 5.74) is 1.10. The standard InChI is InChI=1S/C21H19N3O5/c25-18-17(19(26)24(21(29)22-18)14-6-1-2-7-14)12-16-9-4-10-23(16)15-8-3-5-13(11-15)20(27)28/h3-5,8-12,14H,1-2,6-7H2,(H,27,28)(H,22,25,29)/b17-12+. The lowest BCUT2D eigenvalue weighted by molar-refractivity contribution is -0.131. The van der Waals surface area contributed by atoms with Gasteiger partial charge in [0.25, 0.3) is 11.8 Å². The number of carbonyl (C=O) groups excluding carboxylic acids is 3. The SMILES string of the molecule is O=C1NC(=O)N(C2CCCC2)C(=O)/C1=C/c1cccn1-c1cccc(C(=O)O)c1. The molecule has 1 aliphatic heterocycles. The van der Waals surface area contributed by atoms with Crippen LogP contribution in [0.2, 0.25) is 0 Å². The first-order valence-corrected chi connectivity index (χ1v) is 9.37. The van der Waals surface area contributed by atoms with Gasteiger partial charge >= 0.3 is 12.0 Å². The number of benzene rings is 1. The monoisotopic (exact) mass is 393 g/mol. The molecule has 0 bridgehead atoms. The van der Waals surface area contributed by atoms with Crippen molar-refractivity contribution in [3.8, 4) is 5.69 Å². The first-order chi connectivity index (χ1) is 14.0. The molecule has 1 aromatic heterocycles. The Hall–Kier alpha value is -3.68. The summed E-state index contributed by atoms with van der Waals surface area (Å²) in [6.45, 7) is 0. The number of carbonyl (C=O) groups is 4. The predicted molar refractivity (Wildman–Crippen MR) is 103 cm³/mol. The molecule has 2 aromatic rings. The van der Waals surface area contributed by atoms with Gasteiger partial charge in [-0.25, -0.2) is 9.59 Å². The molecule has 1 aromatic carbocycles. The van der Waals surface area contributed by atoms with Gasteiger partial charge in [0.1, 0.15) is 5.57 Å². The highest BCUT2D eigenvalue weighted by atomic mass is 16.4. The summed E-state index contributed by atoms with van der Waals surface area (Å²) in [6, 6.07) is 8.90. The van der Waals surface area contributed by atoms with E-state index in [1.165, 1.54) is 18.2 Å². The fourth-order valence-electron chi connectivity index (χ4n) is 3.85. The second kappa shape index (κ2) is 7.38. The molecule has 1 saturated heterocycles. The van der Waals surface area contributed by atoms with Crippen LogP contribution in [0.3, 0.4) is 0 Å². The van der Waals surface area contributed by atoms with Crippen LogP contribution < -0.4 is 5.32 Å². The normalized spacial score (nSPS) is 19.1. The fourth-order valence-corrected chi connectivity index (χ4v) is 3.85. The zero-order valence-corrected chi connectivity index (χ0v) is 15.5. The summed E-state index contributed by atoms with van der Waals surface area (Å²) < 4.78 is 1.68. The Morgan fingerprint density at radius 1 is 1.10 bits per heavy atom. The molecule has 0 atom stereocenters. The van der Waals surface area contributed by atoms with E-state index in [1.807, 2.05) is 0 Å². The van der Waals surface area contributed by atoms with Crippen molar-refractivity contribution in [1.29, 1.82) is 0 Å². The van der Waals surface area contributed by atoms with Crippen molar-refractivity contribution < 1.29 is 24.3 Å². The van der Waals surface area contributed by atoms with Crippen LogP contribution in [0.1, 0.15) is 41.7 Å². The minimum Gasteiger partial charge on any atom is -0.478 e. The van der Waals surface area contributed by atoms with Crippen LogP contribution in [-0.4, -0.2) is 44.4 Å². The fraction of sp³-hybridized carbons (Fsp3) is 0.238. The lowest BCUT2D eigenvalue weighted by Crippen LogP contribution is -2.57. The number of carboxylic acids is 1. The van der Waals surface area contributed by atoms with Gasteiger partial charge in [-0.3, -0.25) is 19.8 Å². The van der Waals surface area contributed by atoms with E-state index in [1.54, 1.807) is 35.0 Å². The van der Waals surface area contributed by atoms with E-state index >= 15 is 0 Å². The molecule has 2 fully saturated rings. The third-order valence-corrected chi connectivity index (χ3v) is 5.27. The number of amides is 4. The topological polar surface area (TPSA) is 109 Å². The summed E-state index contributed by atoms with van der Waals surface area (Å²) >= 11 is 0. The van der Waals surface area contributed by atoms with Crippen molar-refractivity contribution in [3.63, 3.8) is 0 Å². The van der Waals surface area contributed by atoms with Gasteiger partial charge in [0.2, 0.25) is 0 Å². The van der Waals surface area contributed by atoms with E-state index in [9.17, 15) is 24.3 Å². The number of rotatable bonds is 4. The smallest absolute Gasteiger partial charge is 0.335 e. The summed E-state index contributed by atoms with van der Waals surface area (Å²) in [7, 11) is 0. The van der Waals surface area contributed by atoms with Gasteiger partial charge < -0.3 is 9.67 Å². The lowest BCUT2D eigenvalue weighted by Gasteiger charge is -2.31. The van der Waals surface area contributed by atoms with Crippen molar-refractivity contribution >= 4 is 29.9 Å². The number of nitrogens with one attached hydrogen (secondary N) is 1. The molecule has 0 radical (unpaired) electrons. The number of urea groups is 1. The average Bonchev–Trinajstić information content (AvgIpc) is 3.37. The van der Waals surface area contributed by atoms with E-state index in [0.29, 0.717) is 11.4 Å². The molecule has 1 saturated carbocycles. The van der Waals surface area contributed by atoms with E-state index < -0.39 is 23.8 Å². The number of hydrogen-bond acceptors (Lipinski definition) is 4. The molecule has 29 heavy (non-hydrogen) atoms. The summed E-state index contributed by atoms with van der Waals surface area (Å²) in [5, 5.41) is 11.5. The highest BCUT2D eigenvalue weighted by Gasteiger charge is 2.40. The third-order valence-electron chi connectivity index (χ3n) is 5.27. The van der Waals surface area contributed by atoms with Gasteiger partial charge in [0, 0.05) is 23.6 Å². The third kappa shape index (κ3) is 3.44. The first-order valence-electron chi connectivity index (χ1n) is 9.37. The van der Waals surface area contributed by atoms with Gasteiger partial charge in [0.15, 0.2) is 0 Å². The van der Waals surface area contributed by atoms with Crippen LogP contribution in [0.15, 0.2) is 48.2 Å². The molecule has 0 unspecified atom stereocenters. The van der Waals surface area contributed by atoms with Gasteiger partial charge in [-0.1, -0.05) is 18.9 Å². The molecule has 148 valence electrons. The minimum absolute atomic E-state index is 0.120. The Balaban J connectivity index is 1.71. The number of imide groups is 2. The summed E-state index contributed by atoms with van der Waals surface area (Å²) in [5.74, 6) is -2.38. The van der Waals surface area contributed by atoms with Crippen LogP contribution >= 0.6 is 0 Å². The second-order valence-corrected chi connectivity index (χ2v) is 7.09. The maximum Gasteiger partial charge on any atom is 0.335 e. The average molecular weight is 393 g/mol. The second-order valence-electron chi connectivity index (χ2n) is 7.09. The molecule has 0 spiro atoms. The van der Waals surface area contributed by atoms with Gasteiger partial charge in [-0.05, 0) is 49.2 Å². The van der Waals surface area contributed by atoms with Crippen LogP contribution in [-0.2, 0) is 9.59 Å². The van der Waals surface area contributed by atoms with Gasteiger partial charge in [-0.2, -0.15) is 0 Å². The number of hydrogen-bond donors (Lipinski definition) is 2. The number of carboxylic acid groups (broad SMARTS) is 1. The maximum absolute atomic E-state index is 12.9. The van der Waals surface area contributed by atoms with E-state index in [4.69, 9.17) is 0 Å². The Kier molecular flexibility index (Phi) is 4.75. The molecule has 4 rings (SSSR count). The van der Waals surface area contributed by atoms with Crippen molar-refractivity contribution in [2.45, 2.75) is 31.7 Å². The van der Waals surface area contributed by atoms with Gasteiger partial charge in [0.05, 0.1) is 5.56 Å². The number of aromatic nitrogens is 1. The quantitative estimate of drug-likeness (QED) is 0.613. The molecular formula is C21H19N3O5. The zero-order valence-electron chi connectivity index (χ0n) is 15.5. The molecular weight excluding hydrogens is 374 g/mol.